The number of nitrogens with zero attached hydrogens (tertiary/aromatic N) is 4. The van der Waals surface area contributed by atoms with Gasteiger partial charge in [-0.2, -0.15) is 0 Å². The molecule has 3 aromatic carbocycles. The van der Waals surface area contributed by atoms with E-state index in [4.69, 9.17) is 9.47 Å². The Morgan fingerprint density at radius 3 is 2.09 bits per heavy atom. The Bertz CT molecular complexity index is 1320. The van der Waals surface area contributed by atoms with Crippen LogP contribution in [-0.4, -0.2) is 50.9 Å². The van der Waals surface area contributed by atoms with Crippen molar-refractivity contribution in [2.75, 3.05) is 19.4 Å². The summed E-state index contributed by atoms with van der Waals surface area (Å²) in [4.78, 5) is 26.6. The zero-order chi connectivity index (χ0) is 24.2. The molecule has 0 aliphatic carbocycles. The average molecular weight is 487 g/mol. The topological polar surface area (TPSA) is 86.6 Å². The van der Waals surface area contributed by atoms with Crippen molar-refractivity contribution in [2.45, 2.75) is 11.8 Å². The van der Waals surface area contributed by atoms with E-state index in [2.05, 4.69) is 10.2 Å². The van der Waals surface area contributed by atoms with E-state index in [1.165, 1.54) is 16.7 Å². The van der Waals surface area contributed by atoms with Crippen molar-refractivity contribution in [3.8, 4) is 17.2 Å². The van der Waals surface area contributed by atoms with Crippen LogP contribution in [0.3, 0.4) is 0 Å². The predicted molar refractivity (Wildman–Crippen MR) is 131 cm³/mol. The highest BCUT2D eigenvalue weighted by molar-refractivity contribution is 7.99. The van der Waals surface area contributed by atoms with Crippen molar-refractivity contribution in [3.05, 3.63) is 95.8 Å². The van der Waals surface area contributed by atoms with Gasteiger partial charge in [0.25, 0.3) is 11.8 Å². The lowest BCUT2D eigenvalue weighted by atomic mass is 10.1. The lowest BCUT2D eigenvalue weighted by molar-refractivity contribution is 0.0664. The number of fused-ring (bicyclic) bond motifs is 1. The van der Waals surface area contributed by atoms with Gasteiger partial charge in [-0.3, -0.25) is 19.1 Å². The summed E-state index contributed by atoms with van der Waals surface area (Å²) in [5.74, 6) is 2.04. The van der Waals surface area contributed by atoms with Crippen LogP contribution in [0.2, 0.25) is 0 Å². The van der Waals surface area contributed by atoms with Crippen molar-refractivity contribution < 1.29 is 19.1 Å². The average Bonchev–Trinajstić information content (AvgIpc) is 3.42. The molecule has 2 heterocycles. The lowest BCUT2D eigenvalue weighted by Gasteiger charge is -2.14. The predicted octanol–water partition coefficient (Wildman–Crippen LogP) is 4.24. The molecule has 0 radical (unpaired) electrons. The van der Waals surface area contributed by atoms with Crippen molar-refractivity contribution >= 4 is 23.6 Å². The molecule has 5 rings (SSSR count). The Balaban J connectivity index is 1.30. The van der Waals surface area contributed by atoms with Crippen LogP contribution in [-0.2, 0) is 6.61 Å². The second-order valence-electron chi connectivity index (χ2n) is 7.69. The number of aromatic nitrogens is 3. The standard InChI is InChI=1S/C26H22N4O4S/c1-33-19-11-13-20(14-12-19)34-17-23-27-28-26(30(23)18-7-3-2-4-8-18)35-16-15-29-24(31)21-9-5-6-10-22(21)25(29)32/h2-14H,15-17H2,1H3. The minimum Gasteiger partial charge on any atom is -0.497 e. The molecule has 176 valence electrons. The molecule has 0 saturated heterocycles. The molecule has 35 heavy (non-hydrogen) atoms. The molecule has 1 aliphatic heterocycles. The highest BCUT2D eigenvalue weighted by Crippen LogP contribution is 2.26. The number of hydrogen-bond acceptors (Lipinski definition) is 7. The molecule has 1 aliphatic rings. The maximum Gasteiger partial charge on any atom is 0.261 e. The first-order valence-corrected chi connectivity index (χ1v) is 12.0. The smallest absolute Gasteiger partial charge is 0.261 e. The number of methoxy groups -OCH3 is 1. The summed E-state index contributed by atoms with van der Waals surface area (Å²) in [5, 5.41) is 9.36. The fourth-order valence-corrected chi connectivity index (χ4v) is 4.71. The van der Waals surface area contributed by atoms with Crippen LogP contribution in [0, 0.1) is 0 Å². The maximum atomic E-state index is 12.6. The Morgan fingerprint density at radius 2 is 1.43 bits per heavy atom. The van der Waals surface area contributed by atoms with E-state index >= 15 is 0 Å². The number of para-hydroxylation sites is 1. The van der Waals surface area contributed by atoms with E-state index in [1.807, 2.05) is 59.2 Å². The summed E-state index contributed by atoms with van der Waals surface area (Å²) in [6.07, 6.45) is 0. The van der Waals surface area contributed by atoms with Crippen molar-refractivity contribution in [1.82, 2.24) is 19.7 Å². The number of carbonyl (C=O) groups excluding carboxylic acids is 2. The van der Waals surface area contributed by atoms with Crippen molar-refractivity contribution in [1.29, 1.82) is 0 Å². The molecule has 0 fully saturated rings. The maximum absolute atomic E-state index is 12.6. The summed E-state index contributed by atoms with van der Waals surface area (Å²) in [6, 6.07) is 24.0. The van der Waals surface area contributed by atoms with E-state index in [0.717, 1.165) is 11.4 Å². The van der Waals surface area contributed by atoms with E-state index < -0.39 is 0 Å². The molecular weight excluding hydrogens is 464 g/mol. The zero-order valence-corrected chi connectivity index (χ0v) is 19.8. The monoisotopic (exact) mass is 486 g/mol. The first-order valence-electron chi connectivity index (χ1n) is 11.0. The molecule has 9 heteroatoms. The van der Waals surface area contributed by atoms with E-state index in [1.54, 1.807) is 31.4 Å². The van der Waals surface area contributed by atoms with Crippen LogP contribution < -0.4 is 9.47 Å². The Hall–Kier alpha value is -4.11. The van der Waals surface area contributed by atoms with Gasteiger partial charge in [0.2, 0.25) is 0 Å². The third-order valence-electron chi connectivity index (χ3n) is 5.57. The third kappa shape index (κ3) is 4.63. The van der Waals surface area contributed by atoms with Gasteiger partial charge in [-0.1, -0.05) is 42.1 Å². The molecule has 0 unspecified atom stereocenters. The number of benzene rings is 3. The molecule has 8 nitrogen and oxygen atoms in total. The van der Waals surface area contributed by atoms with Crippen molar-refractivity contribution in [3.63, 3.8) is 0 Å². The molecule has 0 bridgehead atoms. The number of amides is 2. The van der Waals surface area contributed by atoms with Crippen LogP contribution in [0.1, 0.15) is 26.5 Å². The molecule has 4 aromatic rings. The fraction of sp³-hybridized carbons (Fsp3) is 0.154. The quantitative estimate of drug-likeness (QED) is 0.258. The van der Waals surface area contributed by atoms with Gasteiger partial charge in [0.15, 0.2) is 11.0 Å². The van der Waals surface area contributed by atoms with Crippen molar-refractivity contribution in [2.24, 2.45) is 0 Å². The highest BCUT2D eigenvalue weighted by Gasteiger charge is 2.34. The van der Waals surface area contributed by atoms with Crippen LogP contribution in [0.25, 0.3) is 5.69 Å². The number of ether oxygens (including phenoxy) is 2. The zero-order valence-electron chi connectivity index (χ0n) is 19.0. The van der Waals surface area contributed by atoms with E-state index in [9.17, 15) is 9.59 Å². The summed E-state index contributed by atoms with van der Waals surface area (Å²) >= 11 is 1.43. The normalized spacial score (nSPS) is 12.7. The molecule has 1 aromatic heterocycles. The van der Waals surface area contributed by atoms with Crippen LogP contribution >= 0.6 is 11.8 Å². The minimum atomic E-state index is -0.260. The van der Waals surface area contributed by atoms with Gasteiger partial charge in [0.1, 0.15) is 18.1 Å². The number of imide groups is 1. The summed E-state index contributed by atoms with van der Waals surface area (Å²) in [6.45, 7) is 0.490. The van der Waals surface area contributed by atoms with Crippen LogP contribution in [0.15, 0.2) is 84.0 Å². The number of carbonyl (C=O) groups is 2. The Labute approximate surface area is 206 Å². The number of hydrogen-bond donors (Lipinski definition) is 0. The number of rotatable bonds is 9. The number of thioether (sulfide) groups is 1. The van der Waals surface area contributed by atoms with Gasteiger partial charge in [-0.15, -0.1) is 10.2 Å². The summed E-state index contributed by atoms with van der Waals surface area (Å²) < 4.78 is 13.0. The first kappa shape index (κ1) is 22.7. The van der Waals surface area contributed by atoms with Gasteiger partial charge < -0.3 is 9.47 Å². The third-order valence-corrected chi connectivity index (χ3v) is 6.48. The van der Waals surface area contributed by atoms with Gasteiger partial charge in [0.05, 0.1) is 18.2 Å². The molecule has 0 spiro atoms. The molecule has 0 saturated carbocycles. The second kappa shape index (κ2) is 10.0. The molecule has 2 amide bonds. The minimum absolute atomic E-state index is 0.215. The fourth-order valence-electron chi connectivity index (χ4n) is 3.81. The lowest BCUT2D eigenvalue weighted by Crippen LogP contribution is -2.31. The largest absolute Gasteiger partial charge is 0.497 e. The Morgan fingerprint density at radius 1 is 0.800 bits per heavy atom. The molecule has 0 N–H and O–H groups in total. The van der Waals surface area contributed by atoms with E-state index in [0.29, 0.717) is 33.6 Å². The van der Waals surface area contributed by atoms with Crippen LogP contribution in [0.5, 0.6) is 11.5 Å². The van der Waals surface area contributed by atoms with Gasteiger partial charge in [0, 0.05) is 18.0 Å². The molecule has 0 atom stereocenters. The highest BCUT2D eigenvalue weighted by atomic mass is 32.2. The molecular formula is C26H22N4O4S. The van der Waals surface area contributed by atoms with Gasteiger partial charge >= 0.3 is 0 Å². The van der Waals surface area contributed by atoms with Gasteiger partial charge in [-0.05, 0) is 48.5 Å². The SMILES string of the molecule is COc1ccc(OCc2nnc(SCCN3C(=O)c4ccccc4C3=O)n2-c2ccccc2)cc1. The summed E-state index contributed by atoms with van der Waals surface area (Å²) in [5.41, 5.74) is 1.80. The van der Waals surface area contributed by atoms with Gasteiger partial charge in [-0.25, -0.2) is 0 Å². The summed E-state index contributed by atoms with van der Waals surface area (Å²) in [7, 11) is 1.62. The van der Waals surface area contributed by atoms with E-state index in [-0.39, 0.29) is 25.0 Å². The Kier molecular flexibility index (Phi) is 6.49. The first-order chi connectivity index (χ1) is 17.2. The van der Waals surface area contributed by atoms with Crippen LogP contribution in [0.4, 0.5) is 0 Å². The second-order valence-corrected chi connectivity index (χ2v) is 8.75.